The number of hydrogen-bond donors (Lipinski definition) is 3. The Bertz CT molecular complexity index is 1210. The molecule has 0 fully saturated rings. The van der Waals surface area contributed by atoms with Crippen molar-refractivity contribution in [2.75, 3.05) is 11.9 Å². The molecule has 1 atom stereocenters. The number of benzene rings is 2. The van der Waals surface area contributed by atoms with Gasteiger partial charge in [0.2, 0.25) is 0 Å². The molecule has 1 unspecified atom stereocenters. The van der Waals surface area contributed by atoms with E-state index in [0.717, 1.165) is 22.3 Å². The summed E-state index contributed by atoms with van der Waals surface area (Å²) < 4.78 is 6.97. The fraction of sp³-hybridized carbons (Fsp3) is 0.308. The summed E-state index contributed by atoms with van der Waals surface area (Å²) in [5.74, 6) is -1.64. The topological polar surface area (TPSA) is 123 Å². The van der Waals surface area contributed by atoms with Gasteiger partial charge in [-0.1, -0.05) is 61.9 Å². The lowest BCUT2D eigenvalue weighted by Crippen LogP contribution is -2.37. The van der Waals surface area contributed by atoms with Crippen molar-refractivity contribution in [1.82, 2.24) is 15.1 Å². The lowest BCUT2D eigenvalue weighted by atomic mass is 9.98. The van der Waals surface area contributed by atoms with Crippen LogP contribution in [0.2, 0.25) is 0 Å². The number of nitrogens with zero attached hydrogens (tertiary/aromatic N) is 2. The van der Waals surface area contributed by atoms with Crippen LogP contribution in [0.3, 0.4) is 0 Å². The van der Waals surface area contributed by atoms with E-state index < -0.39 is 24.0 Å². The molecule has 2 amide bonds. The van der Waals surface area contributed by atoms with E-state index in [-0.39, 0.29) is 30.3 Å². The van der Waals surface area contributed by atoms with Crippen LogP contribution in [0.1, 0.15) is 53.7 Å². The lowest BCUT2D eigenvalue weighted by Gasteiger charge is -2.16. The average Bonchev–Trinajstić information content (AvgIpc) is 3.35. The van der Waals surface area contributed by atoms with E-state index in [4.69, 9.17) is 9.84 Å². The van der Waals surface area contributed by atoms with E-state index in [1.54, 1.807) is 7.05 Å². The Morgan fingerprint density at radius 1 is 1.09 bits per heavy atom. The standard InChI is InChI=1S/C26H28N4O5/c1-3-8-16(13-23(31)32)27-25(33)24-22(14-30(2)29-24)28-26(34)35-15-21-19-11-6-4-9-17(19)18-10-5-7-12-20(18)21/h4-7,9-12,14,16,21H,3,8,13,15H2,1-2H3,(H,27,33)(H,28,34)(H,31,32). The summed E-state index contributed by atoms with van der Waals surface area (Å²) in [6.45, 7) is 2.05. The number of aliphatic carboxylic acids is 1. The van der Waals surface area contributed by atoms with Gasteiger partial charge < -0.3 is 15.2 Å². The van der Waals surface area contributed by atoms with Crippen LogP contribution >= 0.6 is 0 Å². The highest BCUT2D eigenvalue weighted by atomic mass is 16.5. The third-order valence-corrected chi connectivity index (χ3v) is 6.02. The number of aryl methyl sites for hydroxylation is 1. The zero-order valence-electron chi connectivity index (χ0n) is 19.7. The Balaban J connectivity index is 1.43. The van der Waals surface area contributed by atoms with Crippen molar-refractivity contribution < 1.29 is 24.2 Å². The average molecular weight is 477 g/mol. The summed E-state index contributed by atoms with van der Waals surface area (Å²) in [5.41, 5.74) is 4.64. The minimum absolute atomic E-state index is 0.00694. The van der Waals surface area contributed by atoms with E-state index in [1.165, 1.54) is 10.9 Å². The van der Waals surface area contributed by atoms with Crippen molar-refractivity contribution in [3.63, 3.8) is 0 Å². The first kappa shape index (κ1) is 24.0. The number of hydrogen-bond acceptors (Lipinski definition) is 5. The quantitative estimate of drug-likeness (QED) is 0.426. The number of carboxylic acids is 1. The summed E-state index contributed by atoms with van der Waals surface area (Å²) in [4.78, 5) is 36.6. The van der Waals surface area contributed by atoms with Gasteiger partial charge >= 0.3 is 12.1 Å². The number of nitrogens with one attached hydrogen (secondary N) is 2. The molecule has 182 valence electrons. The highest BCUT2D eigenvalue weighted by Crippen LogP contribution is 2.44. The van der Waals surface area contributed by atoms with Crippen LogP contribution in [0.5, 0.6) is 0 Å². The highest BCUT2D eigenvalue weighted by Gasteiger charge is 2.29. The second-order valence-corrected chi connectivity index (χ2v) is 8.57. The number of aromatic nitrogens is 2. The van der Waals surface area contributed by atoms with Crippen LogP contribution in [0, 0.1) is 0 Å². The van der Waals surface area contributed by atoms with Gasteiger partial charge in [-0.2, -0.15) is 5.10 Å². The molecule has 1 heterocycles. The molecule has 0 aliphatic heterocycles. The maximum Gasteiger partial charge on any atom is 0.411 e. The molecule has 3 N–H and O–H groups in total. The van der Waals surface area contributed by atoms with Gasteiger partial charge in [0.1, 0.15) is 6.61 Å². The fourth-order valence-electron chi connectivity index (χ4n) is 4.53. The smallest absolute Gasteiger partial charge is 0.411 e. The molecule has 9 heteroatoms. The molecule has 0 bridgehead atoms. The van der Waals surface area contributed by atoms with Crippen molar-refractivity contribution >= 4 is 23.7 Å². The van der Waals surface area contributed by atoms with Gasteiger partial charge in [0.05, 0.1) is 12.1 Å². The largest absolute Gasteiger partial charge is 0.481 e. The minimum Gasteiger partial charge on any atom is -0.481 e. The zero-order valence-corrected chi connectivity index (χ0v) is 19.7. The predicted molar refractivity (Wildman–Crippen MR) is 130 cm³/mol. The molecule has 0 spiro atoms. The van der Waals surface area contributed by atoms with Crippen LogP contribution in [0.25, 0.3) is 11.1 Å². The Labute approximate surface area is 203 Å². The van der Waals surface area contributed by atoms with Crippen molar-refractivity contribution in [3.8, 4) is 11.1 Å². The van der Waals surface area contributed by atoms with Gasteiger partial charge in [-0.05, 0) is 28.7 Å². The molecule has 1 aliphatic carbocycles. The SMILES string of the molecule is CCCC(CC(=O)O)NC(=O)c1nn(C)cc1NC(=O)OCC1c2ccccc2-c2ccccc21. The van der Waals surface area contributed by atoms with E-state index in [1.807, 2.05) is 43.3 Å². The summed E-state index contributed by atoms with van der Waals surface area (Å²) in [7, 11) is 1.63. The van der Waals surface area contributed by atoms with E-state index in [0.29, 0.717) is 12.8 Å². The van der Waals surface area contributed by atoms with Gasteiger partial charge in [-0.15, -0.1) is 0 Å². The Morgan fingerprint density at radius 3 is 2.31 bits per heavy atom. The number of anilines is 1. The molecule has 1 aromatic heterocycles. The number of carbonyl (C=O) groups excluding carboxylic acids is 2. The maximum atomic E-state index is 12.8. The Morgan fingerprint density at radius 2 is 1.71 bits per heavy atom. The molecule has 4 rings (SSSR count). The molecular formula is C26H28N4O5. The van der Waals surface area contributed by atoms with Crippen LogP contribution in [0.15, 0.2) is 54.7 Å². The summed E-state index contributed by atoms with van der Waals surface area (Å²) >= 11 is 0. The predicted octanol–water partition coefficient (Wildman–Crippen LogP) is 4.15. The molecule has 2 aromatic carbocycles. The van der Waals surface area contributed by atoms with Crippen molar-refractivity contribution in [1.29, 1.82) is 0 Å². The summed E-state index contributed by atoms with van der Waals surface area (Å²) in [6, 6.07) is 15.6. The van der Waals surface area contributed by atoms with Crippen molar-refractivity contribution in [3.05, 3.63) is 71.5 Å². The van der Waals surface area contributed by atoms with Crippen LogP contribution in [-0.2, 0) is 16.6 Å². The zero-order chi connectivity index (χ0) is 24.9. The van der Waals surface area contributed by atoms with Crippen LogP contribution in [-0.4, -0.2) is 45.5 Å². The fourth-order valence-corrected chi connectivity index (χ4v) is 4.53. The van der Waals surface area contributed by atoms with E-state index in [9.17, 15) is 14.4 Å². The van der Waals surface area contributed by atoms with Crippen molar-refractivity contribution in [2.24, 2.45) is 7.05 Å². The first-order chi connectivity index (χ1) is 16.9. The van der Waals surface area contributed by atoms with Gasteiger partial charge in [0.15, 0.2) is 5.69 Å². The molecule has 0 radical (unpaired) electrons. The molecule has 1 aliphatic rings. The molecule has 0 saturated heterocycles. The monoisotopic (exact) mass is 476 g/mol. The lowest BCUT2D eigenvalue weighted by molar-refractivity contribution is -0.137. The Hall–Kier alpha value is -4.14. The van der Waals surface area contributed by atoms with Gasteiger partial charge in [-0.3, -0.25) is 19.6 Å². The molecule has 9 nitrogen and oxygen atoms in total. The van der Waals surface area contributed by atoms with E-state index >= 15 is 0 Å². The molecular weight excluding hydrogens is 448 g/mol. The van der Waals surface area contributed by atoms with Gasteiger partial charge in [0, 0.05) is 25.2 Å². The third-order valence-electron chi connectivity index (χ3n) is 6.02. The number of ether oxygens (including phenoxy) is 1. The highest BCUT2D eigenvalue weighted by molar-refractivity contribution is 6.01. The summed E-state index contributed by atoms with van der Waals surface area (Å²) in [6.07, 6.45) is 1.83. The molecule has 35 heavy (non-hydrogen) atoms. The third kappa shape index (κ3) is 5.34. The second kappa shape index (κ2) is 10.4. The number of rotatable bonds is 9. The molecule has 0 saturated carbocycles. The van der Waals surface area contributed by atoms with Crippen LogP contribution in [0.4, 0.5) is 10.5 Å². The first-order valence-electron chi connectivity index (χ1n) is 11.6. The number of amides is 2. The number of fused-ring (bicyclic) bond motifs is 3. The minimum atomic E-state index is -0.998. The maximum absolute atomic E-state index is 12.8. The van der Waals surface area contributed by atoms with Gasteiger partial charge in [-0.25, -0.2) is 4.79 Å². The second-order valence-electron chi connectivity index (χ2n) is 8.57. The van der Waals surface area contributed by atoms with E-state index in [2.05, 4.69) is 27.9 Å². The van der Waals surface area contributed by atoms with Gasteiger partial charge in [0.25, 0.3) is 5.91 Å². The number of carbonyl (C=O) groups is 3. The first-order valence-corrected chi connectivity index (χ1v) is 11.6. The number of carboxylic acid groups (broad SMARTS) is 1. The summed E-state index contributed by atoms with van der Waals surface area (Å²) in [5, 5.41) is 18.6. The normalized spacial score (nSPS) is 13.0. The van der Waals surface area contributed by atoms with Crippen molar-refractivity contribution in [2.45, 2.75) is 38.1 Å². The molecule has 3 aromatic rings. The Kier molecular flexibility index (Phi) is 7.14. The van der Waals surface area contributed by atoms with Crippen LogP contribution < -0.4 is 10.6 Å².